The van der Waals surface area contributed by atoms with E-state index in [1.807, 2.05) is 25.1 Å². The molecular formula is C13H17NO2. The first-order valence-corrected chi connectivity index (χ1v) is 5.58. The van der Waals surface area contributed by atoms with Gasteiger partial charge in [0.1, 0.15) is 0 Å². The summed E-state index contributed by atoms with van der Waals surface area (Å²) in [5.74, 6) is 0. The SMILES string of the molecule is COC1CCN(c2ccc(C)cc2C=O)C1. The van der Waals surface area contributed by atoms with Crippen molar-refractivity contribution >= 4 is 12.0 Å². The smallest absolute Gasteiger partial charge is 0.152 e. The Morgan fingerprint density at radius 3 is 2.94 bits per heavy atom. The van der Waals surface area contributed by atoms with Crippen molar-refractivity contribution in [3.8, 4) is 0 Å². The van der Waals surface area contributed by atoms with Gasteiger partial charge in [0.05, 0.1) is 6.10 Å². The van der Waals surface area contributed by atoms with Gasteiger partial charge in [0.25, 0.3) is 0 Å². The second-order valence-electron chi connectivity index (χ2n) is 4.27. The van der Waals surface area contributed by atoms with E-state index in [1.54, 1.807) is 7.11 Å². The van der Waals surface area contributed by atoms with Crippen molar-refractivity contribution < 1.29 is 9.53 Å². The maximum atomic E-state index is 11.0. The van der Waals surface area contributed by atoms with Gasteiger partial charge in [-0.15, -0.1) is 0 Å². The zero-order chi connectivity index (χ0) is 11.5. The maximum Gasteiger partial charge on any atom is 0.152 e. The van der Waals surface area contributed by atoms with Crippen molar-refractivity contribution in [3.05, 3.63) is 29.3 Å². The first kappa shape index (κ1) is 11.1. The van der Waals surface area contributed by atoms with E-state index in [0.29, 0.717) is 6.10 Å². The van der Waals surface area contributed by atoms with Gasteiger partial charge < -0.3 is 9.64 Å². The van der Waals surface area contributed by atoms with Crippen LogP contribution in [0, 0.1) is 6.92 Å². The van der Waals surface area contributed by atoms with E-state index >= 15 is 0 Å². The third kappa shape index (κ3) is 2.09. The fourth-order valence-electron chi connectivity index (χ4n) is 2.20. The van der Waals surface area contributed by atoms with Crippen molar-refractivity contribution in [1.29, 1.82) is 0 Å². The lowest BCUT2D eigenvalue weighted by molar-refractivity contribution is 0.112. The van der Waals surface area contributed by atoms with Gasteiger partial charge in [0.2, 0.25) is 0 Å². The van der Waals surface area contributed by atoms with Crippen LogP contribution in [0.4, 0.5) is 5.69 Å². The summed E-state index contributed by atoms with van der Waals surface area (Å²) in [4.78, 5) is 13.2. The molecule has 1 heterocycles. The van der Waals surface area contributed by atoms with Crippen molar-refractivity contribution in [1.82, 2.24) is 0 Å². The Bertz CT molecular complexity index is 390. The lowest BCUT2D eigenvalue weighted by Gasteiger charge is -2.20. The largest absolute Gasteiger partial charge is 0.380 e. The fraction of sp³-hybridized carbons (Fsp3) is 0.462. The molecule has 0 aliphatic carbocycles. The number of aryl methyl sites for hydroxylation is 1. The summed E-state index contributed by atoms with van der Waals surface area (Å²) in [6.07, 6.45) is 2.26. The molecule has 2 rings (SSSR count). The van der Waals surface area contributed by atoms with Crippen molar-refractivity contribution in [2.24, 2.45) is 0 Å². The highest BCUT2D eigenvalue weighted by atomic mass is 16.5. The molecule has 0 radical (unpaired) electrons. The van der Waals surface area contributed by atoms with Crippen molar-refractivity contribution in [2.45, 2.75) is 19.4 Å². The summed E-state index contributed by atoms with van der Waals surface area (Å²) in [6.45, 7) is 3.83. The van der Waals surface area contributed by atoms with Crippen LogP contribution in [0.1, 0.15) is 22.3 Å². The highest BCUT2D eigenvalue weighted by Gasteiger charge is 2.23. The number of rotatable bonds is 3. The number of carbonyl (C=O) groups excluding carboxylic acids is 1. The van der Waals surface area contributed by atoms with E-state index in [1.165, 1.54) is 0 Å². The Balaban J connectivity index is 2.24. The van der Waals surface area contributed by atoms with Crippen LogP contribution in [0.2, 0.25) is 0 Å². The number of carbonyl (C=O) groups is 1. The van der Waals surface area contributed by atoms with Crippen LogP contribution in [0.3, 0.4) is 0 Å². The minimum Gasteiger partial charge on any atom is -0.380 e. The molecule has 86 valence electrons. The summed E-state index contributed by atoms with van der Waals surface area (Å²) < 4.78 is 5.33. The van der Waals surface area contributed by atoms with Gasteiger partial charge in [-0.3, -0.25) is 4.79 Å². The zero-order valence-electron chi connectivity index (χ0n) is 9.77. The van der Waals surface area contributed by atoms with E-state index < -0.39 is 0 Å². The Labute approximate surface area is 96.0 Å². The van der Waals surface area contributed by atoms with E-state index in [0.717, 1.165) is 42.6 Å². The fourth-order valence-corrected chi connectivity index (χ4v) is 2.20. The predicted octanol–water partition coefficient (Wildman–Crippen LogP) is 2.03. The van der Waals surface area contributed by atoms with Crippen LogP contribution in [0.5, 0.6) is 0 Å². The highest BCUT2D eigenvalue weighted by Crippen LogP contribution is 2.25. The molecule has 1 unspecified atom stereocenters. The van der Waals surface area contributed by atoms with Gasteiger partial charge >= 0.3 is 0 Å². The monoisotopic (exact) mass is 219 g/mol. The molecule has 1 aromatic carbocycles. The van der Waals surface area contributed by atoms with Crippen LogP contribution in [-0.4, -0.2) is 32.6 Å². The topological polar surface area (TPSA) is 29.5 Å². The van der Waals surface area contributed by atoms with E-state index in [-0.39, 0.29) is 0 Å². The molecule has 0 bridgehead atoms. The zero-order valence-corrected chi connectivity index (χ0v) is 9.77. The molecule has 0 saturated carbocycles. The van der Waals surface area contributed by atoms with Crippen molar-refractivity contribution in [2.75, 3.05) is 25.1 Å². The molecule has 3 nitrogen and oxygen atoms in total. The normalized spacial score (nSPS) is 20.1. The number of hydrogen-bond donors (Lipinski definition) is 0. The Kier molecular flexibility index (Phi) is 3.25. The number of nitrogens with zero attached hydrogens (tertiary/aromatic N) is 1. The second-order valence-corrected chi connectivity index (χ2v) is 4.27. The summed E-state index contributed by atoms with van der Waals surface area (Å²) >= 11 is 0. The molecule has 0 spiro atoms. The average Bonchev–Trinajstić information content (AvgIpc) is 2.77. The molecule has 0 N–H and O–H groups in total. The molecule has 1 aliphatic heterocycles. The van der Waals surface area contributed by atoms with Crippen LogP contribution in [0.15, 0.2) is 18.2 Å². The van der Waals surface area contributed by atoms with Gasteiger partial charge in [-0.25, -0.2) is 0 Å². The maximum absolute atomic E-state index is 11.0. The minimum atomic E-state index is 0.292. The molecule has 16 heavy (non-hydrogen) atoms. The van der Waals surface area contributed by atoms with E-state index in [4.69, 9.17) is 4.74 Å². The lowest BCUT2D eigenvalue weighted by Crippen LogP contribution is -2.23. The Hall–Kier alpha value is -1.35. The molecule has 1 aromatic rings. The van der Waals surface area contributed by atoms with E-state index in [2.05, 4.69) is 4.90 Å². The van der Waals surface area contributed by atoms with Gasteiger partial charge in [-0.05, 0) is 25.5 Å². The number of aldehydes is 1. The minimum absolute atomic E-state index is 0.292. The molecule has 1 atom stereocenters. The number of methoxy groups -OCH3 is 1. The molecule has 1 fully saturated rings. The lowest BCUT2D eigenvalue weighted by atomic mass is 10.1. The van der Waals surface area contributed by atoms with Gasteiger partial charge in [0.15, 0.2) is 6.29 Å². The summed E-state index contributed by atoms with van der Waals surface area (Å²) in [6, 6.07) is 6.00. The van der Waals surface area contributed by atoms with Gasteiger partial charge in [0, 0.05) is 31.5 Å². The molecule has 1 aliphatic rings. The first-order chi connectivity index (χ1) is 7.74. The summed E-state index contributed by atoms with van der Waals surface area (Å²) in [5.41, 5.74) is 2.92. The summed E-state index contributed by atoms with van der Waals surface area (Å²) in [5, 5.41) is 0. The Morgan fingerprint density at radius 2 is 2.31 bits per heavy atom. The number of benzene rings is 1. The number of anilines is 1. The van der Waals surface area contributed by atoms with Crippen LogP contribution < -0.4 is 4.90 Å². The standard InChI is InChI=1S/C13H17NO2/c1-10-3-4-13(11(7-10)9-15)14-6-5-12(8-14)16-2/h3-4,7,9,12H,5-6,8H2,1-2H3. The third-order valence-electron chi connectivity index (χ3n) is 3.13. The first-order valence-electron chi connectivity index (χ1n) is 5.58. The molecule has 1 saturated heterocycles. The molecule has 3 heteroatoms. The second kappa shape index (κ2) is 4.66. The quantitative estimate of drug-likeness (QED) is 0.728. The van der Waals surface area contributed by atoms with Gasteiger partial charge in [-0.1, -0.05) is 11.6 Å². The Morgan fingerprint density at radius 1 is 1.50 bits per heavy atom. The van der Waals surface area contributed by atoms with Gasteiger partial charge in [-0.2, -0.15) is 0 Å². The molecule has 0 amide bonds. The van der Waals surface area contributed by atoms with Crippen LogP contribution in [0.25, 0.3) is 0 Å². The molecular weight excluding hydrogens is 202 g/mol. The third-order valence-corrected chi connectivity index (χ3v) is 3.13. The number of ether oxygens (including phenoxy) is 1. The van der Waals surface area contributed by atoms with Crippen LogP contribution >= 0.6 is 0 Å². The number of hydrogen-bond acceptors (Lipinski definition) is 3. The summed E-state index contributed by atoms with van der Waals surface area (Å²) in [7, 11) is 1.74. The average molecular weight is 219 g/mol. The van der Waals surface area contributed by atoms with Crippen LogP contribution in [-0.2, 0) is 4.74 Å². The highest BCUT2D eigenvalue weighted by molar-refractivity contribution is 5.85. The predicted molar refractivity (Wildman–Crippen MR) is 64.2 cm³/mol. The van der Waals surface area contributed by atoms with E-state index in [9.17, 15) is 4.79 Å². The molecule has 0 aromatic heterocycles. The van der Waals surface area contributed by atoms with Crippen molar-refractivity contribution in [3.63, 3.8) is 0 Å².